The molecule has 0 aromatic heterocycles. The number of rotatable bonds is 2. The Hall–Kier alpha value is -4.42. The number of hydrogen-bond donors (Lipinski definition) is 0. The van der Waals surface area contributed by atoms with Crippen LogP contribution in [0.5, 0.6) is 0 Å². The maximum absolute atomic E-state index is 2.41. The van der Waals surface area contributed by atoms with Crippen molar-refractivity contribution in [2.24, 2.45) is 0 Å². The first-order valence-corrected chi connectivity index (χ1v) is 13.9. The number of aryl methyl sites for hydroxylation is 2. The van der Waals surface area contributed by atoms with Gasteiger partial charge in [-0.1, -0.05) is 111 Å². The third kappa shape index (κ3) is 2.29. The monoisotopic (exact) mass is 482 g/mol. The van der Waals surface area contributed by atoms with Crippen LogP contribution in [0.25, 0.3) is 86.2 Å². The molecule has 0 aliphatic heterocycles. The SMILES string of the molecule is CCc1c2ccccc2c2ccc3c4ccc5c6ccccc6c(CC)c6ccc(c7ccc1c2c73)c4c65. The molecule has 0 saturated heterocycles. The van der Waals surface area contributed by atoms with Gasteiger partial charge in [-0.3, -0.25) is 0 Å². The van der Waals surface area contributed by atoms with Gasteiger partial charge in [-0.25, -0.2) is 0 Å². The molecule has 0 radical (unpaired) electrons. The van der Waals surface area contributed by atoms with Gasteiger partial charge < -0.3 is 0 Å². The van der Waals surface area contributed by atoms with Crippen molar-refractivity contribution in [2.75, 3.05) is 0 Å². The summed E-state index contributed by atoms with van der Waals surface area (Å²) in [5.41, 5.74) is 2.93. The van der Waals surface area contributed by atoms with E-state index in [0.717, 1.165) is 12.8 Å². The second kappa shape index (κ2) is 7.11. The van der Waals surface area contributed by atoms with Gasteiger partial charge in [0.1, 0.15) is 0 Å². The van der Waals surface area contributed by atoms with E-state index in [1.54, 1.807) is 0 Å². The molecule has 0 heterocycles. The fraction of sp³-hybridized carbons (Fsp3) is 0.105. The van der Waals surface area contributed by atoms with Gasteiger partial charge in [0.15, 0.2) is 0 Å². The molecule has 0 bridgehead atoms. The van der Waals surface area contributed by atoms with Crippen LogP contribution in [-0.4, -0.2) is 0 Å². The summed E-state index contributed by atoms with van der Waals surface area (Å²) < 4.78 is 0. The van der Waals surface area contributed by atoms with Gasteiger partial charge in [0.05, 0.1) is 0 Å². The van der Waals surface area contributed by atoms with Gasteiger partial charge >= 0.3 is 0 Å². The summed E-state index contributed by atoms with van der Waals surface area (Å²) in [4.78, 5) is 0. The van der Waals surface area contributed by atoms with Crippen molar-refractivity contribution >= 4 is 86.2 Å². The smallest absolute Gasteiger partial charge is 0.00140 e. The van der Waals surface area contributed by atoms with Crippen molar-refractivity contribution in [3.8, 4) is 0 Å². The van der Waals surface area contributed by atoms with Crippen LogP contribution >= 0.6 is 0 Å². The molecule has 0 spiro atoms. The van der Waals surface area contributed by atoms with E-state index in [1.807, 2.05) is 0 Å². The van der Waals surface area contributed by atoms with Crippen molar-refractivity contribution < 1.29 is 0 Å². The third-order valence-corrected chi connectivity index (χ3v) is 9.34. The van der Waals surface area contributed by atoms with Crippen LogP contribution in [0.1, 0.15) is 25.0 Å². The minimum absolute atomic E-state index is 1.03. The van der Waals surface area contributed by atoms with Gasteiger partial charge in [-0.05, 0) is 110 Å². The van der Waals surface area contributed by atoms with Gasteiger partial charge in [0, 0.05) is 0 Å². The van der Waals surface area contributed by atoms with Crippen LogP contribution in [0, 0.1) is 0 Å². The molecule has 0 aliphatic carbocycles. The summed E-state index contributed by atoms with van der Waals surface area (Å²) in [6.45, 7) is 4.59. The minimum atomic E-state index is 1.03. The summed E-state index contributed by atoms with van der Waals surface area (Å²) in [7, 11) is 0. The highest BCUT2D eigenvalue weighted by Crippen LogP contribution is 2.49. The average molecular weight is 483 g/mol. The lowest BCUT2D eigenvalue weighted by atomic mass is 9.81. The molecular formula is C38H26. The first-order chi connectivity index (χ1) is 18.8. The first kappa shape index (κ1) is 20.6. The molecule has 9 aromatic carbocycles. The maximum Gasteiger partial charge on any atom is -0.00140 e. The molecule has 178 valence electrons. The summed E-state index contributed by atoms with van der Waals surface area (Å²) in [5.74, 6) is 0. The molecule has 9 rings (SSSR count). The summed E-state index contributed by atoms with van der Waals surface area (Å²) in [6, 6.07) is 37.1. The molecule has 0 heteroatoms. The van der Waals surface area contributed by atoms with Crippen LogP contribution < -0.4 is 0 Å². The summed E-state index contributed by atoms with van der Waals surface area (Å²) >= 11 is 0. The molecule has 0 nitrogen and oxygen atoms in total. The Bertz CT molecular complexity index is 2210. The topological polar surface area (TPSA) is 0 Å². The van der Waals surface area contributed by atoms with E-state index >= 15 is 0 Å². The van der Waals surface area contributed by atoms with Crippen molar-refractivity contribution in [3.63, 3.8) is 0 Å². The molecule has 38 heavy (non-hydrogen) atoms. The van der Waals surface area contributed by atoms with Crippen LogP contribution in [0.15, 0.2) is 97.1 Å². The van der Waals surface area contributed by atoms with Crippen molar-refractivity contribution in [1.82, 2.24) is 0 Å². The van der Waals surface area contributed by atoms with Gasteiger partial charge in [0.25, 0.3) is 0 Å². The fourth-order valence-corrected chi connectivity index (χ4v) is 7.85. The Morgan fingerprint density at radius 3 is 0.895 bits per heavy atom. The van der Waals surface area contributed by atoms with Crippen molar-refractivity contribution in [2.45, 2.75) is 26.7 Å². The Kier molecular flexibility index (Phi) is 3.86. The van der Waals surface area contributed by atoms with Gasteiger partial charge in [-0.15, -0.1) is 0 Å². The number of fused-ring (bicyclic) bond motifs is 6. The molecule has 0 atom stereocenters. The lowest BCUT2D eigenvalue weighted by molar-refractivity contribution is 1.18. The predicted octanol–water partition coefficient (Wildman–Crippen LogP) is 10.9. The second-order valence-corrected chi connectivity index (χ2v) is 10.9. The van der Waals surface area contributed by atoms with Crippen LogP contribution in [0.3, 0.4) is 0 Å². The predicted molar refractivity (Wildman–Crippen MR) is 168 cm³/mol. The average Bonchev–Trinajstić information content (AvgIpc) is 2.98. The Morgan fingerprint density at radius 2 is 0.553 bits per heavy atom. The van der Waals surface area contributed by atoms with E-state index < -0.39 is 0 Å². The van der Waals surface area contributed by atoms with E-state index in [2.05, 4.69) is 111 Å². The highest BCUT2D eigenvalue weighted by molar-refractivity contribution is 6.42. The highest BCUT2D eigenvalue weighted by Gasteiger charge is 2.21. The fourth-order valence-electron chi connectivity index (χ4n) is 7.85. The Labute approximate surface area is 220 Å². The van der Waals surface area contributed by atoms with Gasteiger partial charge in [-0.2, -0.15) is 0 Å². The molecule has 9 aromatic rings. The molecule has 0 unspecified atom stereocenters. The van der Waals surface area contributed by atoms with E-state index in [9.17, 15) is 0 Å². The number of hydrogen-bond acceptors (Lipinski definition) is 0. The van der Waals surface area contributed by atoms with E-state index in [1.165, 1.54) is 97.3 Å². The van der Waals surface area contributed by atoms with Gasteiger partial charge in [0.2, 0.25) is 0 Å². The zero-order valence-electron chi connectivity index (χ0n) is 21.7. The van der Waals surface area contributed by atoms with E-state index in [4.69, 9.17) is 0 Å². The van der Waals surface area contributed by atoms with Crippen molar-refractivity contribution in [1.29, 1.82) is 0 Å². The molecule has 0 aliphatic rings. The highest BCUT2D eigenvalue weighted by atomic mass is 14.2. The molecule has 0 fully saturated rings. The lowest BCUT2D eigenvalue weighted by Crippen LogP contribution is -1.95. The molecule has 0 N–H and O–H groups in total. The first-order valence-electron chi connectivity index (χ1n) is 13.9. The summed E-state index contributed by atoms with van der Waals surface area (Å²) in [5, 5.41) is 22.3. The zero-order valence-corrected chi connectivity index (χ0v) is 21.7. The molecule has 0 saturated carbocycles. The quantitative estimate of drug-likeness (QED) is 0.170. The molecule has 0 amide bonds. The van der Waals surface area contributed by atoms with Crippen LogP contribution in [0.2, 0.25) is 0 Å². The third-order valence-electron chi connectivity index (χ3n) is 9.34. The van der Waals surface area contributed by atoms with Crippen LogP contribution in [-0.2, 0) is 12.8 Å². The maximum atomic E-state index is 2.41. The van der Waals surface area contributed by atoms with E-state index in [-0.39, 0.29) is 0 Å². The van der Waals surface area contributed by atoms with Crippen LogP contribution in [0.4, 0.5) is 0 Å². The summed E-state index contributed by atoms with van der Waals surface area (Å²) in [6.07, 6.45) is 2.06. The zero-order chi connectivity index (χ0) is 25.1. The number of benzene rings is 9. The Balaban J connectivity index is 1.59. The minimum Gasteiger partial charge on any atom is -0.0616 e. The lowest BCUT2D eigenvalue weighted by Gasteiger charge is -2.22. The van der Waals surface area contributed by atoms with Crippen molar-refractivity contribution in [3.05, 3.63) is 108 Å². The molecular weight excluding hydrogens is 456 g/mol. The Morgan fingerprint density at radius 1 is 0.289 bits per heavy atom. The largest absolute Gasteiger partial charge is 0.0616 e. The van der Waals surface area contributed by atoms with E-state index in [0.29, 0.717) is 0 Å². The standard InChI is InChI=1S/C38H26/c1-3-21-23-9-5-7-11-25(23)29-15-19-33-34-20-16-30-26-12-8-6-10-24(26)22(4-2)28-14-18-32(38(34)36(28)30)31-17-13-27(21)35(29)37(31)33/h5-20H,3-4H2,1-2H3. The normalized spacial score (nSPS) is 12.7. The second-order valence-electron chi connectivity index (χ2n) is 10.9.